The predicted octanol–water partition coefficient (Wildman–Crippen LogP) is 1.97. The number of likely N-dealkylation sites (tertiary alicyclic amines) is 1. The molecule has 0 unspecified atom stereocenters. The fraction of sp³-hybridized carbons (Fsp3) is 0.611. The van der Waals surface area contributed by atoms with E-state index >= 15 is 0 Å². The van der Waals surface area contributed by atoms with Gasteiger partial charge in [-0.1, -0.05) is 18.9 Å². The minimum Gasteiger partial charge on any atom is -0.352 e. The van der Waals surface area contributed by atoms with Crippen LogP contribution in [0.1, 0.15) is 50.3 Å². The van der Waals surface area contributed by atoms with E-state index in [0.717, 1.165) is 50.2 Å². The Labute approximate surface area is 142 Å². The molecule has 2 aliphatic rings. The van der Waals surface area contributed by atoms with Crippen molar-refractivity contribution < 1.29 is 4.79 Å². The summed E-state index contributed by atoms with van der Waals surface area (Å²) in [6.07, 6.45) is 8.90. The SMILES string of the molecule is O=C(CN1CCC(c2nnc3ccccn23)CC1)NC1CCCC1. The number of nitrogens with zero attached hydrogens (tertiary/aromatic N) is 4. The van der Waals surface area contributed by atoms with Gasteiger partial charge in [0.15, 0.2) is 5.65 Å². The van der Waals surface area contributed by atoms with Gasteiger partial charge in [-0.15, -0.1) is 10.2 Å². The van der Waals surface area contributed by atoms with Crippen LogP contribution in [0.3, 0.4) is 0 Å². The van der Waals surface area contributed by atoms with Crippen molar-refractivity contribution in [3.63, 3.8) is 0 Å². The van der Waals surface area contributed by atoms with Gasteiger partial charge >= 0.3 is 0 Å². The standard InChI is InChI=1S/C18H25N5O/c24-17(19-15-5-1-2-6-15)13-22-11-8-14(9-12-22)18-21-20-16-7-3-4-10-23(16)18/h3-4,7,10,14-15H,1-2,5-6,8-9,11-13H2,(H,19,24). The Balaban J connectivity index is 1.31. The summed E-state index contributed by atoms with van der Waals surface area (Å²) in [5.74, 6) is 1.67. The fourth-order valence-electron chi connectivity index (χ4n) is 4.03. The zero-order chi connectivity index (χ0) is 16.4. The van der Waals surface area contributed by atoms with Crippen molar-refractivity contribution in [3.05, 3.63) is 30.2 Å². The Morgan fingerprint density at radius 2 is 1.92 bits per heavy atom. The lowest BCUT2D eigenvalue weighted by atomic mass is 9.96. The first-order valence-corrected chi connectivity index (χ1v) is 9.11. The molecule has 1 amide bonds. The summed E-state index contributed by atoms with van der Waals surface area (Å²) in [4.78, 5) is 14.4. The molecule has 2 fully saturated rings. The maximum absolute atomic E-state index is 12.2. The van der Waals surface area contributed by atoms with Crippen LogP contribution >= 0.6 is 0 Å². The van der Waals surface area contributed by atoms with Gasteiger partial charge in [-0.05, 0) is 50.9 Å². The van der Waals surface area contributed by atoms with E-state index in [1.807, 2.05) is 24.4 Å². The molecule has 1 N–H and O–H groups in total. The van der Waals surface area contributed by atoms with E-state index < -0.39 is 0 Å². The van der Waals surface area contributed by atoms with Gasteiger partial charge in [0.05, 0.1) is 6.54 Å². The van der Waals surface area contributed by atoms with E-state index in [9.17, 15) is 4.79 Å². The Kier molecular flexibility index (Phi) is 4.47. The molecule has 0 aromatic carbocycles. The highest BCUT2D eigenvalue weighted by Crippen LogP contribution is 2.27. The lowest BCUT2D eigenvalue weighted by Gasteiger charge is -2.30. The van der Waals surface area contributed by atoms with E-state index in [4.69, 9.17) is 0 Å². The number of fused-ring (bicyclic) bond motifs is 1. The summed E-state index contributed by atoms with van der Waals surface area (Å²) in [5.41, 5.74) is 0.908. The number of nitrogens with one attached hydrogen (secondary N) is 1. The molecule has 128 valence electrons. The summed E-state index contributed by atoms with van der Waals surface area (Å²) in [6.45, 7) is 2.43. The molecule has 0 atom stereocenters. The number of amides is 1. The van der Waals surface area contributed by atoms with Crippen molar-refractivity contribution in [2.24, 2.45) is 0 Å². The van der Waals surface area contributed by atoms with Gasteiger partial charge in [-0.3, -0.25) is 14.1 Å². The monoisotopic (exact) mass is 327 g/mol. The first-order chi connectivity index (χ1) is 11.8. The van der Waals surface area contributed by atoms with Gasteiger partial charge in [0, 0.05) is 18.2 Å². The highest BCUT2D eigenvalue weighted by atomic mass is 16.2. The van der Waals surface area contributed by atoms with Crippen LogP contribution in [0.5, 0.6) is 0 Å². The van der Waals surface area contributed by atoms with E-state index in [2.05, 4.69) is 24.8 Å². The summed E-state index contributed by atoms with van der Waals surface area (Å²) in [5, 5.41) is 11.8. The molecule has 2 aromatic heterocycles. The summed E-state index contributed by atoms with van der Waals surface area (Å²) >= 11 is 0. The molecule has 1 saturated heterocycles. The van der Waals surface area contributed by atoms with E-state index in [1.165, 1.54) is 12.8 Å². The Bertz CT molecular complexity index is 698. The van der Waals surface area contributed by atoms with Gasteiger partial charge in [-0.2, -0.15) is 0 Å². The van der Waals surface area contributed by atoms with Crippen LogP contribution in [0.4, 0.5) is 0 Å². The molecule has 6 nitrogen and oxygen atoms in total. The quantitative estimate of drug-likeness (QED) is 0.932. The smallest absolute Gasteiger partial charge is 0.234 e. The molecule has 2 aromatic rings. The van der Waals surface area contributed by atoms with Crippen LogP contribution in [0.25, 0.3) is 5.65 Å². The first-order valence-electron chi connectivity index (χ1n) is 9.11. The number of pyridine rings is 1. The molecule has 0 radical (unpaired) electrons. The lowest BCUT2D eigenvalue weighted by Crippen LogP contribution is -2.43. The van der Waals surface area contributed by atoms with E-state index in [0.29, 0.717) is 18.5 Å². The molecular formula is C18H25N5O. The number of piperidine rings is 1. The van der Waals surface area contributed by atoms with Crippen LogP contribution in [0.2, 0.25) is 0 Å². The van der Waals surface area contributed by atoms with Crippen LogP contribution in [-0.2, 0) is 4.79 Å². The maximum atomic E-state index is 12.2. The third kappa shape index (κ3) is 3.29. The molecule has 1 aliphatic carbocycles. The maximum Gasteiger partial charge on any atom is 0.234 e. The number of hydrogen-bond acceptors (Lipinski definition) is 4. The first kappa shape index (κ1) is 15.6. The van der Waals surface area contributed by atoms with Crippen LogP contribution in [0, 0.1) is 0 Å². The predicted molar refractivity (Wildman–Crippen MR) is 91.8 cm³/mol. The highest BCUT2D eigenvalue weighted by Gasteiger charge is 2.26. The number of hydrogen-bond donors (Lipinski definition) is 1. The van der Waals surface area contributed by atoms with Crippen LogP contribution in [0.15, 0.2) is 24.4 Å². The molecule has 6 heteroatoms. The Hall–Kier alpha value is -1.95. The zero-order valence-electron chi connectivity index (χ0n) is 14.0. The summed E-state index contributed by atoms with van der Waals surface area (Å²) < 4.78 is 2.09. The number of carbonyl (C=O) groups is 1. The molecular weight excluding hydrogens is 302 g/mol. The molecule has 24 heavy (non-hydrogen) atoms. The molecule has 3 heterocycles. The third-order valence-corrected chi connectivity index (χ3v) is 5.38. The number of carbonyl (C=O) groups excluding carboxylic acids is 1. The Morgan fingerprint density at radius 1 is 1.12 bits per heavy atom. The fourth-order valence-corrected chi connectivity index (χ4v) is 4.03. The summed E-state index contributed by atoms with van der Waals surface area (Å²) in [6, 6.07) is 6.40. The number of rotatable bonds is 4. The zero-order valence-corrected chi connectivity index (χ0v) is 14.0. The topological polar surface area (TPSA) is 62.5 Å². The molecule has 1 saturated carbocycles. The molecule has 0 spiro atoms. The van der Waals surface area contributed by atoms with Crippen molar-refractivity contribution in [1.82, 2.24) is 24.8 Å². The van der Waals surface area contributed by atoms with Gasteiger partial charge < -0.3 is 5.32 Å². The minimum atomic E-state index is 0.188. The van der Waals surface area contributed by atoms with E-state index in [1.54, 1.807) is 0 Å². The third-order valence-electron chi connectivity index (χ3n) is 5.38. The van der Waals surface area contributed by atoms with Crippen molar-refractivity contribution in [2.45, 2.75) is 50.5 Å². The number of aromatic nitrogens is 3. The van der Waals surface area contributed by atoms with Crippen molar-refractivity contribution in [3.8, 4) is 0 Å². The highest BCUT2D eigenvalue weighted by molar-refractivity contribution is 5.78. The van der Waals surface area contributed by atoms with Crippen LogP contribution in [-0.4, -0.2) is 51.1 Å². The lowest BCUT2D eigenvalue weighted by molar-refractivity contribution is -0.123. The second kappa shape index (κ2) is 6.89. The van der Waals surface area contributed by atoms with Gasteiger partial charge in [0.25, 0.3) is 0 Å². The van der Waals surface area contributed by atoms with Crippen molar-refractivity contribution in [2.75, 3.05) is 19.6 Å². The molecule has 1 aliphatic heterocycles. The average molecular weight is 327 g/mol. The van der Waals surface area contributed by atoms with Gasteiger partial charge in [-0.25, -0.2) is 0 Å². The van der Waals surface area contributed by atoms with E-state index in [-0.39, 0.29) is 5.91 Å². The molecule has 0 bridgehead atoms. The van der Waals surface area contributed by atoms with Gasteiger partial charge in [0.2, 0.25) is 5.91 Å². The summed E-state index contributed by atoms with van der Waals surface area (Å²) in [7, 11) is 0. The average Bonchev–Trinajstić information content (AvgIpc) is 3.25. The van der Waals surface area contributed by atoms with Crippen molar-refractivity contribution >= 4 is 11.6 Å². The largest absolute Gasteiger partial charge is 0.352 e. The second-order valence-electron chi connectivity index (χ2n) is 7.09. The normalized spacial score (nSPS) is 20.7. The van der Waals surface area contributed by atoms with Crippen LogP contribution < -0.4 is 5.32 Å². The minimum absolute atomic E-state index is 0.188. The Morgan fingerprint density at radius 3 is 2.71 bits per heavy atom. The van der Waals surface area contributed by atoms with Gasteiger partial charge in [0.1, 0.15) is 5.82 Å². The molecule has 4 rings (SSSR count). The second-order valence-corrected chi connectivity index (χ2v) is 7.09. The van der Waals surface area contributed by atoms with Crippen molar-refractivity contribution in [1.29, 1.82) is 0 Å².